The number of hydrogen-bond donors (Lipinski definition) is 2. The van der Waals surface area contributed by atoms with E-state index in [9.17, 15) is 9.59 Å². The minimum absolute atomic E-state index is 0.0859. The maximum atomic E-state index is 12.1. The van der Waals surface area contributed by atoms with Crippen molar-refractivity contribution in [1.29, 1.82) is 0 Å². The van der Waals surface area contributed by atoms with Crippen LogP contribution in [-0.4, -0.2) is 46.2 Å². The van der Waals surface area contributed by atoms with E-state index in [1.54, 1.807) is 30.6 Å². The van der Waals surface area contributed by atoms with E-state index in [2.05, 4.69) is 34.1 Å². The van der Waals surface area contributed by atoms with Gasteiger partial charge in [0.2, 0.25) is 0 Å². The van der Waals surface area contributed by atoms with E-state index >= 15 is 0 Å². The van der Waals surface area contributed by atoms with Crippen molar-refractivity contribution < 1.29 is 28.5 Å². The molecule has 4 heterocycles. The number of nitrogens with zero attached hydrogens (tertiary/aromatic N) is 2. The molecular formula is C38H42N4O6. The fraction of sp³-hybridized carbons (Fsp3) is 0.316. The minimum atomic E-state index is -0.274. The maximum absolute atomic E-state index is 12.1. The number of amides is 2. The van der Waals surface area contributed by atoms with Gasteiger partial charge in [-0.15, -0.1) is 0 Å². The van der Waals surface area contributed by atoms with Gasteiger partial charge in [0.1, 0.15) is 22.8 Å². The molecule has 2 aromatic carbocycles. The van der Waals surface area contributed by atoms with Crippen LogP contribution in [0.1, 0.15) is 56.9 Å². The molecule has 10 heteroatoms. The minimum Gasteiger partial charge on any atom is -0.483 e. The first-order valence-electron chi connectivity index (χ1n) is 15.9. The Morgan fingerprint density at radius 2 is 1.27 bits per heavy atom. The largest absolute Gasteiger partial charge is 0.483 e. The molecule has 0 aliphatic carbocycles. The Morgan fingerprint density at radius 1 is 0.771 bits per heavy atom. The van der Waals surface area contributed by atoms with Gasteiger partial charge in [0.05, 0.1) is 0 Å². The van der Waals surface area contributed by atoms with Crippen molar-refractivity contribution in [3.8, 4) is 23.0 Å². The lowest BCUT2D eigenvalue weighted by Crippen LogP contribution is -2.25. The quantitative estimate of drug-likeness (QED) is 0.192. The lowest BCUT2D eigenvalue weighted by Gasteiger charge is -2.18. The fourth-order valence-electron chi connectivity index (χ4n) is 5.35. The summed E-state index contributed by atoms with van der Waals surface area (Å²) >= 11 is 0. The lowest BCUT2D eigenvalue weighted by molar-refractivity contribution is -0.118. The normalized spacial score (nSPS) is 14.5. The average molecular weight is 651 g/mol. The number of ether oxygens (including phenoxy) is 4. The Bertz CT molecular complexity index is 1770. The van der Waals surface area contributed by atoms with Crippen LogP contribution in [0, 0.1) is 0 Å². The van der Waals surface area contributed by atoms with E-state index in [0.29, 0.717) is 23.1 Å². The number of benzene rings is 2. The van der Waals surface area contributed by atoms with Gasteiger partial charge in [-0.2, -0.15) is 0 Å². The zero-order valence-corrected chi connectivity index (χ0v) is 28.1. The fourth-order valence-corrected chi connectivity index (χ4v) is 5.35. The van der Waals surface area contributed by atoms with Gasteiger partial charge in [0, 0.05) is 36.4 Å². The van der Waals surface area contributed by atoms with Crippen LogP contribution < -0.4 is 29.6 Å². The summed E-state index contributed by atoms with van der Waals surface area (Å²) in [7, 11) is 0. The lowest BCUT2D eigenvalue weighted by atomic mass is 10.0. The smallest absolute Gasteiger partial charge is 0.263 e. The first-order valence-corrected chi connectivity index (χ1v) is 15.9. The molecule has 0 saturated carbocycles. The molecule has 0 bridgehead atoms. The first kappa shape index (κ1) is 34.0. The Hall–Kier alpha value is -5.38. The number of pyridine rings is 2. The predicted octanol–water partition coefficient (Wildman–Crippen LogP) is 6.83. The number of fused-ring (bicyclic) bond motifs is 2. The molecule has 0 unspecified atom stereocenters. The topological polar surface area (TPSA) is 121 Å². The molecule has 10 nitrogen and oxygen atoms in total. The summed E-state index contributed by atoms with van der Waals surface area (Å²) < 4.78 is 23.2. The maximum Gasteiger partial charge on any atom is 0.263 e. The Kier molecular flexibility index (Phi) is 10.3. The third-order valence-electron chi connectivity index (χ3n) is 7.62. The number of hydrogen-bond acceptors (Lipinski definition) is 8. The van der Waals surface area contributed by atoms with E-state index < -0.39 is 0 Å². The van der Waals surface area contributed by atoms with E-state index in [4.69, 9.17) is 18.9 Å². The molecule has 2 aliphatic heterocycles. The number of anilines is 2. The number of para-hydroxylation sites is 2. The standard InChI is InChI=1S/C19H22N2O3.C19H20N2O3/c2*1-4-13-8-9-16(20-11-13)21-17(22)12-23-15-7-5-6-14-10-19(2,3)24-18(14)15/h5-9,11H,4,10,12H2,1-3H3,(H,20,21,22);4-9,11H,1,10,12H2,2-3H3,(H,20,21,22). The summed E-state index contributed by atoms with van der Waals surface area (Å²) in [6.45, 7) is 13.7. The highest BCUT2D eigenvalue weighted by molar-refractivity contribution is 5.91. The first-order chi connectivity index (χ1) is 22.9. The van der Waals surface area contributed by atoms with Gasteiger partial charge in [-0.1, -0.05) is 49.9 Å². The van der Waals surface area contributed by atoms with E-state index in [1.165, 1.54) is 0 Å². The molecule has 0 atom stereocenters. The molecule has 2 N–H and O–H groups in total. The summed E-state index contributed by atoms with van der Waals surface area (Å²) in [6.07, 6.45) is 7.67. The predicted molar refractivity (Wildman–Crippen MR) is 186 cm³/mol. The molecule has 2 aliphatic rings. The van der Waals surface area contributed by atoms with Gasteiger partial charge in [0.15, 0.2) is 36.2 Å². The second-order valence-electron chi connectivity index (χ2n) is 12.8. The van der Waals surface area contributed by atoms with Crippen LogP contribution in [0.15, 0.2) is 79.6 Å². The van der Waals surface area contributed by atoms with Crippen molar-refractivity contribution in [2.45, 2.75) is 65.1 Å². The van der Waals surface area contributed by atoms with Gasteiger partial charge >= 0.3 is 0 Å². The number of carbonyl (C=O) groups excluding carboxylic acids is 2. The zero-order chi connectivity index (χ0) is 34.3. The molecule has 2 amide bonds. The summed E-state index contributed by atoms with van der Waals surface area (Å²) in [5, 5.41) is 5.43. The van der Waals surface area contributed by atoms with Crippen LogP contribution in [0.5, 0.6) is 23.0 Å². The van der Waals surface area contributed by atoms with Crippen molar-refractivity contribution in [3.63, 3.8) is 0 Å². The third kappa shape index (κ3) is 8.90. The molecule has 250 valence electrons. The molecule has 48 heavy (non-hydrogen) atoms. The summed E-state index contributed by atoms with van der Waals surface area (Å²) in [4.78, 5) is 32.4. The molecule has 0 spiro atoms. The summed E-state index contributed by atoms with van der Waals surface area (Å²) in [6, 6.07) is 18.8. The number of aromatic nitrogens is 2. The highest BCUT2D eigenvalue weighted by Gasteiger charge is 2.33. The molecule has 0 radical (unpaired) electrons. The molecule has 0 fully saturated rings. The van der Waals surface area contributed by atoms with Crippen LogP contribution in [0.2, 0.25) is 0 Å². The van der Waals surface area contributed by atoms with Gasteiger partial charge < -0.3 is 29.6 Å². The second kappa shape index (κ2) is 14.6. The molecule has 6 rings (SSSR count). The van der Waals surface area contributed by atoms with Crippen molar-refractivity contribution >= 4 is 29.5 Å². The van der Waals surface area contributed by atoms with Gasteiger partial charge in [-0.05, 0) is 75.6 Å². The van der Waals surface area contributed by atoms with Gasteiger partial charge in [-0.3, -0.25) is 9.59 Å². The Morgan fingerprint density at radius 3 is 1.69 bits per heavy atom. The van der Waals surface area contributed by atoms with Crippen LogP contribution in [-0.2, 0) is 28.9 Å². The van der Waals surface area contributed by atoms with Gasteiger partial charge in [0.25, 0.3) is 11.8 Å². The summed E-state index contributed by atoms with van der Waals surface area (Å²) in [5.41, 5.74) is 3.73. The summed E-state index contributed by atoms with van der Waals surface area (Å²) in [5.74, 6) is 3.13. The van der Waals surface area contributed by atoms with Crippen LogP contribution in [0.25, 0.3) is 6.08 Å². The van der Waals surface area contributed by atoms with Crippen molar-refractivity contribution in [3.05, 3.63) is 102 Å². The average Bonchev–Trinajstić information content (AvgIpc) is 3.57. The van der Waals surface area contributed by atoms with Gasteiger partial charge in [-0.25, -0.2) is 9.97 Å². The SMILES string of the molecule is C=Cc1ccc(NC(=O)COc2cccc3c2OC(C)(C)C3)nc1.CCc1ccc(NC(=O)COc2cccc3c2OC(C)(C)C3)nc1. The number of carbonyl (C=O) groups is 2. The third-order valence-corrected chi connectivity index (χ3v) is 7.62. The molecule has 0 saturated heterocycles. The number of aryl methyl sites for hydroxylation is 1. The highest BCUT2D eigenvalue weighted by atomic mass is 16.5. The molecule has 2 aromatic heterocycles. The number of rotatable bonds is 10. The van der Waals surface area contributed by atoms with Crippen LogP contribution in [0.4, 0.5) is 11.6 Å². The van der Waals surface area contributed by atoms with Crippen LogP contribution in [0.3, 0.4) is 0 Å². The van der Waals surface area contributed by atoms with E-state index in [-0.39, 0.29) is 36.2 Å². The molecule has 4 aromatic rings. The highest BCUT2D eigenvalue weighted by Crippen LogP contribution is 2.42. The van der Waals surface area contributed by atoms with Crippen molar-refractivity contribution in [2.24, 2.45) is 0 Å². The number of nitrogens with one attached hydrogen (secondary N) is 2. The monoisotopic (exact) mass is 650 g/mol. The second-order valence-corrected chi connectivity index (χ2v) is 12.8. The zero-order valence-electron chi connectivity index (χ0n) is 28.1. The Balaban J connectivity index is 0.000000188. The molecular weight excluding hydrogens is 608 g/mol. The van der Waals surface area contributed by atoms with E-state index in [0.717, 1.165) is 53.0 Å². The van der Waals surface area contributed by atoms with Crippen molar-refractivity contribution in [1.82, 2.24) is 9.97 Å². The van der Waals surface area contributed by atoms with Crippen LogP contribution >= 0.6 is 0 Å². The van der Waals surface area contributed by atoms with E-state index in [1.807, 2.05) is 76.2 Å². The van der Waals surface area contributed by atoms with Crippen molar-refractivity contribution in [2.75, 3.05) is 23.8 Å². The Labute approximate surface area is 281 Å².